The van der Waals surface area contributed by atoms with Gasteiger partial charge in [-0.2, -0.15) is 0 Å². The highest BCUT2D eigenvalue weighted by Gasteiger charge is 2.39. The molecule has 166 valence electrons. The van der Waals surface area contributed by atoms with Gasteiger partial charge in [0.1, 0.15) is 11.9 Å². The number of alkyl halides is 1. The van der Waals surface area contributed by atoms with E-state index in [0.29, 0.717) is 22.4 Å². The zero-order chi connectivity index (χ0) is 22.7. The Balaban J connectivity index is 1.96. The highest BCUT2D eigenvalue weighted by molar-refractivity contribution is 9.09. The Hall–Kier alpha value is -2.41. The molecule has 3 aromatic rings. The predicted octanol–water partition coefficient (Wildman–Crippen LogP) is 6.11. The lowest BCUT2D eigenvalue weighted by Crippen LogP contribution is -2.29. The molecular weight excluding hydrogens is 488 g/mol. The minimum Gasteiger partial charge on any atom is -0.497 e. The Morgan fingerprint density at radius 2 is 1.62 bits per heavy atom. The number of halogens is 1. The third-order valence-corrected chi connectivity index (χ3v) is 8.28. The third-order valence-electron chi connectivity index (χ3n) is 5.63. The van der Waals surface area contributed by atoms with E-state index in [2.05, 4.69) is 15.9 Å². The fraction of sp³-hybridized carbons (Fsp3) is 0.231. The summed E-state index contributed by atoms with van der Waals surface area (Å²) in [6.07, 6.45) is -0.379. The van der Waals surface area contributed by atoms with Gasteiger partial charge in [-0.1, -0.05) is 76.1 Å². The molecule has 4 rings (SSSR count). The van der Waals surface area contributed by atoms with Crippen LogP contribution in [0.25, 0.3) is 5.57 Å². The number of sulfone groups is 1. The quantitative estimate of drug-likeness (QED) is 0.373. The van der Waals surface area contributed by atoms with Gasteiger partial charge in [-0.3, -0.25) is 0 Å². The standard InChI is InChI=1S/C26H25BrO4S/c1-18-8-14-23(15-9-18)32(28,29)26-24(19-6-4-3-5-7-19)16-22(17-27)31-25(26)20-10-12-21(30-2)13-11-20/h3-15,22,25H,16-17H2,1-2H3/t22-,25-/m0/s1. The normalized spacial score (nSPS) is 19.1. The molecule has 6 heteroatoms. The summed E-state index contributed by atoms with van der Waals surface area (Å²) in [7, 11) is -2.21. The van der Waals surface area contributed by atoms with E-state index < -0.39 is 15.9 Å². The van der Waals surface area contributed by atoms with E-state index in [1.807, 2.05) is 73.7 Å². The topological polar surface area (TPSA) is 52.6 Å². The van der Waals surface area contributed by atoms with Crippen LogP contribution in [0, 0.1) is 6.92 Å². The van der Waals surface area contributed by atoms with E-state index in [0.717, 1.165) is 22.3 Å². The van der Waals surface area contributed by atoms with Crippen LogP contribution < -0.4 is 4.74 Å². The summed E-state index contributed by atoms with van der Waals surface area (Å²) in [6.45, 7) is 1.94. The van der Waals surface area contributed by atoms with Crippen molar-refractivity contribution in [3.8, 4) is 5.75 Å². The average Bonchev–Trinajstić information content (AvgIpc) is 2.84. The molecule has 0 aliphatic carbocycles. The van der Waals surface area contributed by atoms with E-state index in [9.17, 15) is 8.42 Å². The Bertz CT molecular complexity index is 1200. The second kappa shape index (κ2) is 9.61. The summed E-state index contributed by atoms with van der Waals surface area (Å²) in [5.74, 6) is 0.705. The van der Waals surface area contributed by atoms with Crippen molar-refractivity contribution in [2.75, 3.05) is 12.4 Å². The van der Waals surface area contributed by atoms with Crippen molar-refractivity contribution < 1.29 is 17.9 Å². The van der Waals surface area contributed by atoms with E-state index in [4.69, 9.17) is 9.47 Å². The molecule has 0 N–H and O–H groups in total. The second-order valence-corrected chi connectivity index (χ2v) is 10.4. The van der Waals surface area contributed by atoms with E-state index in [1.54, 1.807) is 19.2 Å². The lowest BCUT2D eigenvalue weighted by atomic mass is 9.93. The SMILES string of the molecule is COc1ccc([C@@H]2O[C@H](CBr)CC(c3ccccc3)=C2S(=O)(=O)c2ccc(C)cc2)cc1. The molecular formula is C26H25BrO4S. The molecule has 2 atom stereocenters. The van der Waals surface area contributed by atoms with Gasteiger partial charge in [0, 0.05) is 11.8 Å². The maximum absolute atomic E-state index is 14.0. The van der Waals surface area contributed by atoms with Gasteiger partial charge < -0.3 is 9.47 Å². The molecule has 0 saturated carbocycles. The first kappa shape index (κ1) is 22.8. The Morgan fingerprint density at radius 3 is 2.22 bits per heavy atom. The van der Waals surface area contributed by atoms with Crippen molar-refractivity contribution in [3.63, 3.8) is 0 Å². The fourth-order valence-corrected chi connectivity index (χ4v) is 6.06. The summed E-state index contributed by atoms with van der Waals surface area (Å²) in [4.78, 5) is 0.570. The van der Waals surface area contributed by atoms with Crippen LogP contribution in [0.1, 0.15) is 29.2 Å². The molecule has 1 aliphatic heterocycles. The average molecular weight is 513 g/mol. The van der Waals surface area contributed by atoms with Crippen LogP contribution >= 0.6 is 15.9 Å². The molecule has 0 unspecified atom stereocenters. The maximum atomic E-state index is 14.0. The Kier molecular flexibility index (Phi) is 6.84. The Morgan fingerprint density at radius 1 is 0.969 bits per heavy atom. The fourth-order valence-electron chi connectivity index (χ4n) is 3.94. The molecule has 0 spiro atoms. The molecule has 1 aliphatic rings. The summed E-state index contributed by atoms with van der Waals surface area (Å²) in [6, 6.07) is 24.1. The molecule has 0 saturated heterocycles. The van der Waals surface area contributed by atoms with Crippen LogP contribution in [0.4, 0.5) is 0 Å². The molecule has 0 bridgehead atoms. The summed E-state index contributed by atoms with van der Waals surface area (Å²) in [5, 5.41) is 0.605. The highest BCUT2D eigenvalue weighted by Crippen LogP contribution is 2.45. The number of rotatable bonds is 6. The molecule has 4 nitrogen and oxygen atoms in total. The molecule has 0 amide bonds. The van der Waals surface area contributed by atoms with Gasteiger partial charge in [0.15, 0.2) is 0 Å². The van der Waals surface area contributed by atoms with Crippen molar-refractivity contribution in [3.05, 3.63) is 100 Å². The number of hydrogen-bond donors (Lipinski definition) is 0. The van der Waals surface area contributed by atoms with Crippen LogP contribution in [0.3, 0.4) is 0 Å². The molecule has 0 fully saturated rings. The minimum atomic E-state index is -3.81. The van der Waals surface area contributed by atoms with E-state index in [-0.39, 0.29) is 11.0 Å². The van der Waals surface area contributed by atoms with Crippen molar-refractivity contribution in [2.24, 2.45) is 0 Å². The maximum Gasteiger partial charge on any atom is 0.206 e. The van der Waals surface area contributed by atoms with Crippen LogP contribution in [0.5, 0.6) is 5.75 Å². The summed E-state index contributed by atoms with van der Waals surface area (Å²) in [5.41, 5.74) is 3.47. The van der Waals surface area contributed by atoms with Gasteiger partial charge in [-0.05, 0) is 47.9 Å². The lowest BCUT2D eigenvalue weighted by molar-refractivity contribution is 0.0197. The van der Waals surface area contributed by atoms with Gasteiger partial charge >= 0.3 is 0 Å². The zero-order valence-electron chi connectivity index (χ0n) is 18.0. The minimum absolute atomic E-state index is 0.158. The van der Waals surface area contributed by atoms with Gasteiger partial charge in [0.25, 0.3) is 0 Å². The van der Waals surface area contributed by atoms with Gasteiger partial charge in [-0.25, -0.2) is 8.42 Å². The second-order valence-electron chi connectivity index (χ2n) is 7.80. The highest BCUT2D eigenvalue weighted by atomic mass is 79.9. The molecule has 3 aromatic carbocycles. The number of benzene rings is 3. The third kappa shape index (κ3) is 4.53. The first-order chi connectivity index (χ1) is 15.4. The van der Waals surface area contributed by atoms with Crippen molar-refractivity contribution in [1.29, 1.82) is 0 Å². The van der Waals surface area contributed by atoms with E-state index in [1.165, 1.54) is 0 Å². The van der Waals surface area contributed by atoms with Gasteiger partial charge in [0.05, 0.1) is 23.0 Å². The van der Waals surface area contributed by atoms with Gasteiger partial charge in [0.2, 0.25) is 9.84 Å². The van der Waals surface area contributed by atoms with Crippen LogP contribution in [0.15, 0.2) is 88.7 Å². The zero-order valence-corrected chi connectivity index (χ0v) is 20.4. The first-order valence-corrected chi connectivity index (χ1v) is 13.0. The number of ether oxygens (including phenoxy) is 2. The molecule has 32 heavy (non-hydrogen) atoms. The number of methoxy groups -OCH3 is 1. The predicted molar refractivity (Wildman–Crippen MR) is 131 cm³/mol. The first-order valence-electron chi connectivity index (χ1n) is 10.4. The monoisotopic (exact) mass is 512 g/mol. The Labute approximate surface area is 197 Å². The molecule has 0 aromatic heterocycles. The summed E-state index contributed by atoms with van der Waals surface area (Å²) < 4.78 is 39.7. The number of aryl methyl sites for hydroxylation is 1. The van der Waals surface area contributed by atoms with Crippen molar-refractivity contribution in [1.82, 2.24) is 0 Å². The lowest BCUT2D eigenvalue weighted by Gasteiger charge is -2.34. The van der Waals surface area contributed by atoms with Crippen LogP contribution in [-0.4, -0.2) is 27.0 Å². The van der Waals surface area contributed by atoms with Gasteiger partial charge in [-0.15, -0.1) is 0 Å². The van der Waals surface area contributed by atoms with Crippen LogP contribution in [-0.2, 0) is 14.6 Å². The number of hydrogen-bond acceptors (Lipinski definition) is 4. The van der Waals surface area contributed by atoms with E-state index >= 15 is 0 Å². The smallest absolute Gasteiger partial charge is 0.206 e. The summed E-state index contributed by atoms with van der Waals surface area (Å²) >= 11 is 3.54. The van der Waals surface area contributed by atoms with Crippen LogP contribution in [0.2, 0.25) is 0 Å². The van der Waals surface area contributed by atoms with Crippen molar-refractivity contribution >= 4 is 31.3 Å². The molecule has 1 heterocycles. The largest absolute Gasteiger partial charge is 0.497 e. The molecule has 0 radical (unpaired) electrons. The van der Waals surface area contributed by atoms with Crippen molar-refractivity contribution in [2.45, 2.75) is 30.4 Å².